The number of benzene rings is 2. The fraction of sp³-hybridized carbons (Fsp3) is 0.250. The average molecular weight is 372 g/mol. The first kappa shape index (κ1) is 18.1. The lowest BCUT2D eigenvalue weighted by atomic mass is 10.1. The second-order valence-electron chi connectivity index (χ2n) is 5.91. The Morgan fingerprint density at radius 1 is 1.04 bits per heavy atom. The molecule has 5 nitrogen and oxygen atoms in total. The summed E-state index contributed by atoms with van der Waals surface area (Å²) in [4.78, 5) is 4.61. The Morgan fingerprint density at radius 3 is 2.65 bits per heavy atom. The van der Waals surface area contributed by atoms with Gasteiger partial charge in [0.1, 0.15) is 19.0 Å². The summed E-state index contributed by atoms with van der Waals surface area (Å²) in [6.07, 6.45) is 0. The highest BCUT2D eigenvalue weighted by Gasteiger charge is 2.13. The van der Waals surface area contributed by atoms with Crippen LogP contribution in [0.1, 0.15) is 12.6 Å². The van der Waals surface area contributed by atoms with Crippen molar-refractivity contribution in [2.24, 2.45) is 0 Å². The van der Waals surface area contributed by atoms with Crippen LogP contribution in [-0.2, 0) is 0 Å². The van der Waals surface area contributed by atoms with E-state index in [4.69, 9.17) is 14.2 Å². The third kappa shape index (κ3) is 3.63. The maximum Gasteiger partial charge on any atom is 0.163 e. The molecule has 1 aromatic heterocycles. The van der Waals surface area contributed by atoms with Crippen LogP contribution in [0.5, 0.6) is 17.2 Å². The van der Waals surface area contributed by atoms with Crippen LogP contribution in [0, 0.1) is 6.92 Å². The molecule has 0 spiro atoms. The zero-order chi connectivity index (χ0) is 17.2. The number of anilines is 2. The van der Waals surface area contributed by atoms with Crippen LogP contribution in [0.25, 0.3) is 10.9 Å². The lowest BCUT2D eigenvalue weighted by Gasteiger charge is -2.19. The summed E-state index contributed by atoms with van der Waals surface area (Å²) in [5, 5.41) is 4.50. The van der Waals surface area contributed by atoms with Gasteiger partial charge in [0.15, 0.2) is 11.5 Å². The molecule has 0 atom stereocenters. The molecule has 0 unspecified atom stereocenters. The number of rotatable bonds is 4. The summed E-state index contributed by atoms with van der Waals surface area (Å²) in [7, 11) is 0. The van der Waals surface area contributed by atoms with Crippen molar-refractivity contribution < 1.29 is 26.6 Å². The molecule has 3 aromatic rings. The smallest absolute Gasteiger partial charge is 0.163 e. The van der Waals surface area contributed by atoms with Crippen LogP contribution in [-0.4, -0.2) is 24.8 Å². The summed E-state index contributed by atoms with van der Waals surface area (Å²) in [5.74, 6) is 2.39. The van der Waals surface area contributed by atoms with Crippen molar-refractivity contribution in [3.8, 4) is 17.2 Å². The Labute approximate surface area is 158 Å². The molecule has 1 aliphatic rings. The largest absolute Gasteiger partial charge is 1.00 e. The molecule has 1 aliphatic heterocycles. The molecule has 136 valence electrons. The minimum atomic E-state index is 0. The molecule has 6 heteroatoms. The first-order valence-electron chi connectivity index (χ1n) is 8.44. The molecule has 0 saturated heterocycles. The molecule has 2 heterocycles. The minimum absolute atomic E-state index is 0. The Kier molecular flexibility index (Phi) is 5.38. The van der Waals surface area contributed by atoms with Gasteiger partial charge in [0, 0.05) is 28.5 Å². The predicted molar refractivity (Wildman–Crippen MR) is 98.4 cm³/mol. The SMILES string of the molecule is CCOc1ccc2nc(C)cc(Nc3ccc4c(c3)OCCO4)c2c1.[Cl-]. The van der Waals surface area contributed by atoms with E-state index in [0.29, 0.717) is 19.8 Å². The predicted octanol–water partition coefficient (Wildman–Crippen LogP) is 1.46. The number of ether oxygens (including phenoxy) is 3. The van der Waals surface area contributed by atoms with Crippen LogP contribution in [0.15, 0.2) is 42.5 Å². The number of fused-ring (bicyclic) bond motifs is 2. The van der Waals surface area contributed by atoms with E-state index in [-0.39, 0.29) is 12.4 Å². The van der Waals surface area contributed by atoms with Gasteiger partial charge in [-0.1, -0.05) is 0 Å². The molecule has 1 N–H and O–H groups in total. The van der Waals surface area contributed by atoms with E-state index in [9.17, 15) is 0 Å². The first-order chi connectivity index (χ1) is 12.2. The van der Waals surface area contributed by atoms with Gasteiger partial charge in [-0.05, 0) is 50.2 Å². The number of aryl methyl sites for hydroxylation is 1. The fourth-order valence-corrected chi connectivity index (χ4v) is 2.97. The van der Waals surface area contributed by atoms with E-state index < -0.39 is 0 Å². The lowest BCUT2D eigenvalue weighted by molar-refractivity contribution is -0.00000629. The normalized spacial score (nSPS) is 12.4. The van der Waals surface area contributed by atoms with Gasteiger partial charge in [-0.25, -0.2) is 0 Å². The van der Waals surface area contributed by atoms with Gasteiger partial charge in [-0.3, -0.25) is 4.98 Å². The topological polar surface area (TPSA) is 52.6 Å². The van der Waals surface area contributed by atoms with Crippen molar-refractivity contribution in [3.63, 3.8) is 0 Å². The van der Waals surface area contributed by atoms with Crippen molar-refractivity contribution in [3.05, 3.63) is 48.2 Å². The Balaban J connectivity index is 0.00000196. The van der Waals surface area contributed by atoms with Crippen LogP contribution < -0.4 is 31.9 Å². The molecule has 2 aromatic carbocycles. The zero-order valence-corrected chi connectivity index (χ0v) is 15.5. The highest BCUT2D eigenvalue weighted by atomic mass is 35.5. The Hall–Kier alpha value is -2.66. The minimum Gasteiger partial charge on any atom is -1.00 e. The number of pyridine rings is 1. The molecule has 0 bridgehead atoms. The third-order valence-corrected chi connectivity index (χ3v) is 4.04. The maximum atomic E-state index is 5.67. The number of hydrogen-bond donors (Lipinski definition) is 1. The standard InChI is InChI=1S/C20H20N2O3.ClH/c1-3-23-15-5-6-17-16(12-15)18(10-13(2)21-17)22-14-4-7-19-20(11-14)25-9-8-24-19;/h4-7,10-12H,3,8-9H2,1-2H3,(H,21,22);1H/p-1. The summed E-state index contributed by atoms with van der Waals surface area (Å²) < 4.78 is 16.9. The molecule has 0 saturated carbocycles. The molecule has 26 heavy (non-hydrogen) atoms. The number of nitrogens with zero attached hydrogens (tertiary/aromatic N) is 1. The second-order valence-corrected chi connectivity index (χ2v) is 5.91. The first-order valence-corrected chi connectivity index (χ1v) is 8.44. The molecular weight excluding hydrogens is 352 g/mol. The van der Waals surface area contributed by atoms with Crippen molar-refractivity contribution in [1.82, 2.24) is 4.98 Å². The zero-order valence-electron chi connectivity index (χ0n) is 14.7. The van der Waals surface area contributed by atoms with Gasteiger partial charge in [-0.2, -0.15) is 0 Å². The summed E-state index contributed by atoms with van der Waals surface area (Å²) in [6.45, 7) is 5.77. The fourth-order valence-electron chi connectivity index (χ4n) is 2.97. The Morgan fingerprint density at radius 2 is 1.85 bits per heavy atom. The highest BCUT2D eigenvalue weighted by molar-refractivity contribution is 5.94. The molecule has 0 amide bonds. The van der Waals surface area contributed by atoms with Crippen LogP contribution in [0.3, 0.4) is 0 Å². The highest BCUT2D eigenvalue weighted by Crippen LogP contribution is 2.35. The molecule has 0 radical (unpaired) electrons. The van der Waals surface area contributed by atoms with Gasteiger partial charge >= 0.3 is 0 Å². The number of nitrogens with one attached hydrogen (secondary N) is 1. The molecule has 4 rings (SSSR count). The van der Waals surface area contributed by atoms with Crippen molar-refractivity contribution in [2.45, 2.75) is 13.8 Å². The molecule has 0 aliphatic carbocycles. The summed E-state index contributed by atoms with van der Waals surface area (Å²) in [6, 6.07) is 13.9. The van der Waals surface area contributed by atoms with E-state index in [1.54, 1.807) is 0 Å². The second kappa shape index (κ2) is 7.70. The summed E-state index contributed by atoms with van der Waals surface area (Å²) in [5.41, 5.74) is 3.82. The average Bonchev–Trinajstić information content (AvgIpc) is 2.62. The van der Waals surface area contributed by atoms with Gasteiger partial charge in [0.05, 0.1) is 12.1 Å². The number of hydrogen-bond acceptors (Lipinski definition) is 5. The van der Waals surface area contributed by atoms with E-state index in [0.717, 1.165) is 45.2 Å². The molecule has 0 fully saturated rings. The van der Waals surface area contributed by atoms with E-state index in [2.05, 4.69) is 10.3 Å². The summed E-state index contributed by atoms with van der Waals surface area (Å²) >= 11 is 0. The molecular formula is C20H20ClN2O3-. The lowest BCUT2D eigenvalue weighted by Crippen LogP contribution is -3.00. The van der Waals surface area contributed by atoms with Crippen LogP contribution >= 0.6 is 0 Å². The van der Waals surface area contributed by atoms with Gasteiger partial charge < -0.3 is 31.9 Å². The Bertz CT molecular complexity index is 930. The monoisotopic (exact) mass is 371 g/mol. The third-order valence-electron chi connectivity index (χ3n) is 4.04. The van der Waals surface area contributed by atoms with Gasteiger partial charge in [-0.15, -0.1) is 0 Å². The van der Waals surface area contributed by atoms with E-state index in [1.807, 2.05) is 56.3 Å². The maximum absolute atomic E-state index is 5.67. The van der Waals surface area contributed by atoms with Crippen molar-refractivity contribution >= 4 is 22.3 Å². The number of aromatic nitrogens is 1. The number of halogens is 1. The quantitative estimate of drug-likeness (QED) is 0.752. The van der Waals surface area contributed by atoms with Crippen molar-refractivity contribution in [1.29, 1.82) is 0 Å². The van der Waals surface area contributed by atoms with Crippen molar-refractivity contribution in [2.75, 3.05) is 25.1 Å². The van der Waals surface area contributed by atoms with Crippen LogP contribution in [0.2, 0.25) is 0 Å². The van der Waals surface area contributed by atoms with E-state index >= 15 is 0 Å². The van der Waals surface area contributed by atoms with Gasteiger partial charge in [0.25, 0.3) is 0 Å². The van der Waals surface area contributed by atoms with Crippen LogP contribution in [0.4, 0.5) is 11.4 Å². The van der Waals surface area contributed by atoms with Gasteiger partial charge in [0.2, 0.25) is 0 Å². The van der Waals surface area contributed by atoms with E-state index in [1.165, 1.54) is 0 Å².